The van der Waals surface area contributed by atoms with Crippen LogP contribution in [-0.4, -0.2) is 11.6 Å². The number of ketones is 2. The van der Waals surface area contributed by atoms with Gasteiger partial charge in [-0.1, -0.05) is 54.6 Å². The number of carbonyl (C=O) groups excluding carboxylic acids is 2. The molecule has 3 aromatic carbocycles. The Morgan fingerprint density at radius 1 is 0.630 bits per heavy atom. The zero-order valence-electron chi connectivity index (χ0n) is 14.8. The number of nitrogens with zero attached hydrogens (tertiary/aromatic N) is 1. The Balaban J connectivity index is 1.72. The Labute approximate surface area is 158 Å². The molecule has 27 heavy (non-hydrogen) atoms. The molecule has 0 N–H and O–H groups in total. The fourth-order valence-electron chi connectivity index (χ4n) is 3.35. The average Bonchev–Trinajstić information content (AvgIpc) is 2.71. The van der Waals surface area contributed by atoms with E-state index in [1.54, 1.807) is 6.08 Å². The van der Waals surface area contributed by atoms with Crippen molar-refractivity contribution in [1.29, 1.82) is 0 Å². The van der Waals surface area contributed by atoms with Gasteiger partial charge in [0.15, 0.2) is 5.78 Å². The fourth-order valence-corrected chi connectivity index (χ4v) is 3.35. The lowest BCUT2D eigenvalue weighted by atomic mass is 9.91. The van der Waals surface area contributed by atoms with Crippen molar-refractivity contribution in [2.24, 2.45) is 0 Å². The van der Waals surface area contributed by atoms with Gasteiger partial charge in [-0.15, -0.1) is 0 Å². The molecule has 0 fully saturated rings. The van der Waals surface area contributed by atoms with Crippen LogP contribution in [0.3, 0.4) is 0 Å². The number of rotatable bonds is 4. The summed E-state index contributed by atoms with van der Waals surface area (Å²) < 4.78 is 0. The van der Waals surface area contributed by atoms with Gasteiger partial charge in [0, 0.05) is 29.1 Å². The van der Waals surface area contributed by atoms with Crippen molar-refractivity contribution in [2.45, 2.75) is 12.8 Å². The summed E-state index contributed by atoms with van der Waals surface area (Å²) in [5.74, 6) is -0.110. The SMILES string of the molecule is O=C1CC=C(c2ccc(N(c3ccccc3)c3ccccc3)cc2)C(=O)C1. The van der Waals surface area contributed by atoms with Gasteiger partial charge >= 0.3 is 0 Å². The molecule has 0 aromatic heterocycles. The van der Waals surface area contributed by atoms with Gasteiger partial charge in [-0.2, -0.15) is 0 Å². The van der Waals surface area contributed by atoms with E-state index in [1.807, 2.05) is 60.7 Å². The zero-order valence-corrected chi connectivity index (χ0v) is 14.8. The van der Waals surface area contributed by atoms with Crippen molar-refractivity contribution in [3.63, 3.8) is 0 Å². The van der Waals surface area contributed by atoms with E-state index >= 15 is 0 Å². The highest BCUT2D eigenvalue weighted by Crippen LogP contribution is 2.35. The first-order chi connectivity index (χ1) is 13.2. The van der Waals surface area contributed by atoms with Gasteiger partial charge in [0.2, 0.25) is 0 Å². The number of benzene rings is 3. The first-order valence-electron chi connectivity index (χ1n) is 8.98. The van der Waals surface area contributed by atoms with Crippen LogP contribution in [0.15, 0.2) is 91.0 Å². The van der Waals surface area contributed by atoms with Crippen LogP contribution in [0.25, 0.3) is 5.57 Å². The number of allylic oxidation sites excluding steroid dienone is 2. The second kappa shape index (κ2) is 7.42. The first kappa shape index (κ1) is 17.0. The van der Waals surface area contributed by atoms with E-state index in [0.29, 0.717) is 12.0 Å². The number of Topliss-reactive ketones (excluding diaryl/α,β-unsaturated/α-hetero) is 2. The van der Waals surface area contributed by atoms with Crippen LogP contribution in [0, 0.1) is 0 Å². The van der Waals surface area contributed by atoms with E-state index in [0.717, 1.165) is 22.6 Å². The van der Waals surface area contributed by atoms with Crippen molar-refractivity contribution in [1.82, 2.24) is 0 Å². The highest BCUT2D eigenvalue weighted by atomic mass is 16.1. The van der Waals surface area contributed by atoms with Crippen LogP contribution in [-0.2, 0) is 9.59 Å². The van der Waals surface area contributed by atoms with Gasteiger partial charge < -0.3 is 4.90 Å². The number of anilines is 3. The van der Waals surface area contributed by atoms with E-state index < -0.39 is 0 Å². The van der Waals surface area contributed by atoms with Gasteiger partial charge in [-0.05, 0) is 42.0 Å². The summed E-state index contributed by atoms with van der Waals surface area (Å²) in [6.07, 6.45) is 2.09. The molecule has 0 saturated heterocycles. The quantitative estimate of drug-likeness (QED) is 0.584. The molecule has 0 spiro atoms. The van der Waals surface area contributed by atoms with E-state index in [9.17, 15) is 9.59 Å². The molecular formula is C24H19NO2. The van der Waals surface area contributed by atoms with Gasteiger partial charge in [0.05, 0.1) is 6.42 Å². The minimum Gasteiger partial charge on any atom is -0.311 e. The summed E-state index contributed by atoms with van der Waals surface area (Å²) >= 11 is 0. The Hall–Kier alpha value is -3.46. The molecule has 3 heteroatoms. The lowest BCUT2D eigenvalue weighted by molar-refractivity contribution is -0.124. The van der Waals surface area contributed by atoms with Crippen molar-refractivity contribution in [3.05, 3.63) is 96.6 Å². The van der Waals surface area contributed by atoms with Gasteiger partial charge in [-0.3, -0.25) is 9.59 Å². The Morgan fingerprint density at radius 3 is 1.67 bits per heavy atom. The van der Waals surface area contributed by atoms with Crippen LogP contribution in [0.2, 0.25) is 0 Å². The van der Waals surface area contributed by atoms with Crippen LogP contribution in [0.4, 0.5) is 17.1 Å². The third kappa shape index (κ3) is 3.58. The summed E-state index contributed by atoms with van der Waals surface area (Å²) in [7, 11) is 0. The van der Waals surface area contributed by atoms with E-state index in [2.05, 4.69) is 29.2 Å². The third-order valence-electron chi connectivity index (χ3n) is 4.66. The molecule has 3 nitrogen and oxygen atoms in total. The highest BCUT2D eigenvalue weighted by Gasteiger charge is 2.21. The topological polar surface area (TPSA) is 37.4 Å². The molecule has 0 saturated carbocycles. The molecule has 132 valence electrons. The fraction of sp³-hybridized carbons (Fsp3) is 0.0833. The van der Waals surface area contributed by atoms with Crippen LogP contribution < -0.4 is 4.90 Å². The van der Waals surface area contributed by atoms with E-state index in [1.165, 1.54) is 0 Å². The second-order valence-corrected chi connectivity index (χ2v) is 6.51. The van der Waals surface area contributed by atoms with Crippen molar-refractivity contribution in [3.8, 4) is 0 Å². The summed E-state index contributed by atoms with van der Waals surface area (Å²) in [5, 5.41) is 0. The monoisotopic (exact) mass is 353 g/mol. The second-order valence-electron chi connectivity index (χ2n) is 6.51. The predicted molar refractivity (Wildman–Crippen MR) is 108 cm³/mol. The van der Waals surface area contributed by atoms with Crippen molar-refractivity contribution in [2.75, 3.05) is 4.90 Å². The molecule has 0 atom stereocenters. The molecule has 0 radical (unpaired) electrons. The zero-order chi connectivity index (χ0) is 18.6. The van der Waals surface area contributed by atoms with Crippen LogP contribution in [0.5, 0.6) is 0 Å². The largest absolute Gasteiger partial charge is 0.311 e. The number of para-hydroxylation sites is 2. The Morgan fingerprint density at radius 2 is 1.15 bits per heavy atom. The molecule has 1 aliphatic carbocycles. The Kier molecular flexibility index (Phi) is 4.67. The molecule has 3 aromatic rings. The van der Waals surface area contributed by atoms with Crippen LogP contribution in [0.1, 0.15) is 18.4 Å². The first-order valence-corrected chi connectivity index (χ1v) is 8.98. The summed E-state index contributed by atoms with van der Waals surface area (Å²) in [5.41, 5.74) is 4.64. The summed E-state index contributed by atoms with van der Waals surface area (Å²) in [4.78, 5) is 25.8. The Bertz CT molecular complexity index is 950. The molecule has 0 amide bonds. The highest BCUT2D eigenvalue weighted by molar-refractivity contribution is 6.28. The minimum absolute atomic E-state index is 0.00768. The average molecular weight is 353 g/mol. The lowest BCUT2D eigenvalue weighted by Gasteiger charge is -2.25. The van der Waals surface area contributed by atoms with Gasteiger partial charge in [0.1, 0.15) is 5.78 Å². The molecule has 0 bridgehead atoms. The maximum atomic E-state index is 12.2. The molecule has 4 rings (SSSR count). The van der Waals surface area contributed by atoms with Crippen molar-refractivity contribution < 1.29 is 9.59 Å². The number of carbonyl (C=O) groups is 2. The van der Waals surface area contributed by atoms with Crippen molar-refractivity contribution >= 4 is 34.2 Å². The van der Waals surface area contributed by atoms with E-state index in [4.69, 9.17) is 0 Å². The summed E-state index contributed by atoms with van der Waals surface area (Å²) in [6, 6.07) is 28.3. The predicted octanol–water partition coefficient (Wildman–Crippen LogP) is 5.47. The van der Waals surface area contributed by atoms with E-state index in [-0.39, 0.29) is 18.0 Å². The molecule has 1 aliphatic rings. The molecular weight excluding hydrogens is 334 g/mol. The maximum absolute atomic E-state index is 12.2. The number of hydrogen-bond acceptors (Lipinski definition) is 3. The van der Waals surface area contributed by atoms with Gasteiger partial charge in [-0.25, -0.2) is 0 Å². The third-order valence-corrected chi connectivity index (χ3v) is 4.66. The van der Waals surface area contributed by atoms with Crippen LogP contribution >= 0.6 is 0 Å². The molecule has 0 aliphatic heterocycles. The molecule has 0 heterocycles. The number of hydrogen-bond donors (Lipinski definition) is 0. The summed E-state index contributed by atoms with van der Waals surface area (Å²) in [6.45, 7) is 0. The normalized spacial score (nSPS) is 14.0. The smallest absolute Gasteiger partial charge is 0.170 e. The maximum Gasteiger partial charge on any atom is 0.170 e. The van der Waals surface area contributed by atoms with Gasteiger partial charge in [0.25, 0.3) is 0 Å². The molecule has 0 unspecified atom stereocenters. The standard InChI is InChI=1S/C24H19NO2/c26-22-15-16-23(24(27)17-22)18-11-13-21(14-12-18)25(19-7-3-1-4-8-19)20-9-5-2-6-10-20/h1-14,16H,15,17H2. The minimum atomic E-state index is -0.0954. The lowest BCUT2D eigenvalue weighted by Crippen LogP contribution is -2.14.